The van der Waals surface area contributed by atoms with Gasteiger partial charge in [0.25, 0.3) is 0 Å². The molecule has 0 amide bonds. The smallest absolute Gasteiger partial charge is 0.171 e. The van der Waals surface area contributed by atoms with Crippen molar-refractivity contribution in [2.24, 2.45) is 10.7 Å². The molecule has 1 aromatic carbocycles. The standard InChI is InChI=1S/C25H41BrNOP/c1-13-28-22(26)21(16(2)3)29-27-20-18(24(7,8)9)14-17(23(4,5)6)15-19(20)25(10,11)12/h14-16H,13H2,1-12H3/b22-21+. The lowest BCUT2D eigenvalue weighted by Gasteiger charge is -2.32. The van der Waals surface area contributed by atoms with Crippen LogP contribution in [0.3, 0.4) is 0 Å². The minimum atomic E-state index is 0.00841. The van der Waals surface area contributed by atoms with E-state index >= 15 is 0 Å². The highest BCUT2D eigenvalue weighted by atomic mass is 79.9. The zero-order valence-corrected chi connectivity index (χ0v) is 23.1. The van der Waals surface area contributed by atoms with Gasteiger partial charge in [-0.3, -0.25) is 0 Å². The summed E-state index contributed by atoms with van der Waals surface area (Å²) in [6, 6.07) is 4.75. The Morgan fingerprint density at radius 3 is 1.69 bits per heavy atom. The van der Waals surface area contributed by atoms with Crippen LogP contribution in [0, 0.1) is 5.92 Å². The summed E-state index contributed by atoms with van der Waals surface area (Å²) in [6.07, 6.45) is 0. The molecule has 0 fully saturated rings. The van der Waals surface area contributed by atoms with E-state index in [9.17, 15) is 0 Å². The zero-order chi connectivity index (χ0) is 22.8. The quantitative estimate of drug-likeness (QED) is 0.302. The second kappa shape index (κ2) is 9.65. The molecule has 0 saturated carbocycles. The molecule has 1 aromatic rings. The lowest BCUT2D eigenvalue weighted by Crippen LogP contribution is -2.21. The first-order valence-corrected chi connectivity index (χ1v) is 12.3. The fraction of sp³-hybridized carbons (Fsp3) is 0.680. The van der Waals surface area contributed by atoms with Gasteiger partial charge in [0.1, 0.15) is 0 Å². The molecule has 29 heavy (non-hydrogen) atoms. The summed E-state index contributed by atoms with van der Waals surface area (Å²) >= 11 is 3.62. The van der Waals surface area contributed by atoms with E-state index < -0.39 is 0 Å². The molecule has 0 spiro atoms. The molecule has 0 unspecified atom stereocenters. The summed E-state index contributed by atoms with van der Waals surface area (Å²) in [5.74, 6) is 0.353. The first-order valence-electron chi connectivity index (χ1n) is 10.6. The van der Waals surface area contributed by atoms with Gasteiger partial charge in [0.15, 0.2) is 4.67 Å². The van der Waals surface area contributed by atoms with Crippen molar-refractivity contribution in [1.29, 1.82) is 0 Å². The number of hydrogen-bond acceptors (Lipinski definition) is 2. The van der Waals surface area contributed by atoms with Crippen molar-refractivity contribution in [3.8, 4) is 0 Å². The highest BCUT2D eigenvalue weighted by molar-refractivity contribution is 9.11. The Morgan fingerprint density at radius 1 is 0.931 bits per heavy atom. The molecule has 4 heteroatoms. The number of ether oxygens (including phenoxy) is 1. The average molecular weight is 482 g/mol. The normalized spacial score (nSPS) is 14.6. The minimum absolute atomic E-state index is 0.00841. The Kier molecular flexibility index (Phi) is 8.77. The van der Waals surface area contributed by atoms with Gasteiger partial charge in [0, 0.05) is 8.37 Å². The number of allylic oxidation sites excluding steroid dienone is 1. The van der Waals surface area contributed by atoms with Gasteiger partial charge < -0.3 is 4.74 Å². The van der Waals surface area contributed by atoms with Crippen LogP contribution in [-0.2, 0) is 21.0 Å². The van der Waals surface area contributed by atoms with Crippen molar-refractivity contribution < 1.29 is 4.74 Å². The third kappa shape index (κ3) is 7.21. The number of hydrogen-bond donors (Lipinski definition) is 0. The van der Waals surface area contributed by atoms with E-state index in [2.05, 4.69) is 104 Å². The van der Waals surface area contributed by atoms with E-state index in [0.29, 0.717) is 12.5 Å². The summed E-state index contributed by atoms with van der Waals surface area (Å²) in [5, 5.41) is 1.17. The highest BCUT2D eigenvalue weighted by Gasteiger charge is 2.29. The molecular formula is C25H41BrNOP. The van der Waals surface area contributed by atoms with Crippen LogP contribution in [0.5, 0.6) is 0 Å². The molecule has 1 rings (SSSR count). The van der Waals surface area contributed by atoms with E-state index in [-0.39, 0.29) is 16.2 Å². The van der Waals surface area contributed by atoms with Gasteiger partial charge in [-0.15, -0.1) is 0 Å². The summed E-state index contributed by atoms with van der Waals surface area (Å²) in [7, 11) is 0.938. The lowest BCUT2D eigenvalue weighted by atomic mass is 9.74. The third-order valence-electron chi connectivity index (χ3n) is 4.87. The maximum Gasteiger partial charge on any atom is 0.171 e. The Bertz CT molecular complexity index is 736. The molecule has 0 N–H and O–H groups in total. The first-order chi connectivity index (χ1) is 13.0. The largest absolute Gasteiger partial charge is 0.486 e. The maximum atomic E-state index is 5.74. The second-order valence-electron chi connectivity index (χ2n) is 11.1. The molecule has 0 aliphatic rings. The second-order valence-corrected chi connectivity index (χ2v) is 12.7. The van der Waals surface area contributed by atoms with Crippen LogP contribution in [0.15, 0.2) is 26.9 Å². The predicted molar refractivity (Wildman–Crippen MR) is 134 cm³/mol. The van der Waals surface area contributed by atoms with Crippen molar-refractivity contribution in [2.75, 3.05) is 6.61 Å². The molecule has 2 nitrogen and oxygen atoms in total. The van der Waals surface area contributed by atoms with E-state index in [1.807, 2.05) is 6.92 Å². The summed E-state index contributed by atoms with van der Waals surface area (Å²) in [5.41, 5.74) is 5.25. The molecule has 0 atom stereocenters. The van der Waals surface area contributed by atoms with Gasteiger partial charge in [0.05, 0.1) is 17.6 Å². The fourth-order valence-electron chi connectivity index (χ4n) is 3.00. The monoisotopic (exact) mass is 481 g/mol. The van der Waals surface area contributed by atoms with Crippen LogP contribution in [0.25, 0.3) is 0 Å². The topological polar surface area (TPSA) is 21.6 Å². The Labute approximate surface area is 189 Å². The lowest BCUT2D eigenvalue weighted by molar-refractivity contribution is 0.257. The summed E-state index contributed by atoms with van der Waals surface area (Å²) in [6.45, 7) is 27.6. The number of halogens is 1. The highest BCUT2D eigenvalue weighted by Crippen LogP contribution is 2.45. The van der Waals surface area contributed by atoms with Crippen molar-refractivity contribution in [3.63, 3.8) is 0 Å². The van der Waals surface area contributed by atoms with E-state index in [0.717, 1.165) is 18.7 Å². The number of nitrogens with zero attached hydrogens (tertiary/aromatic N) is 1. The Hall–Kier alpha value is -0.660. The molecule has 164 valence electrons. The molecule has 0 aliphatic heterocycles. The summed E-state index contributed by atoms with van der Waals surface area (Å²) in [4.78, 5) is 0. The third-order valence-corrected chi connectivity index (χ3v) is 7.07. The van der Waals surface area contributed by atoms with Crippen LogP contribution < -0.4 is 0 Å². The van der Waals surface area contributed by atoms with Crippen LogP contribution in [0.1, 0.15) is 99.8 Å². The molecular weight excluding hydrogens is 441 g/mol. The van der Waals surface area contributed by atoms with Gasteiger partial charge in [-0.25, -0.2) is 4.74 Å². The van der Waals surface area contributed by atoms with Gasteiger partial charge >= 0.3 is 0 Å². The fourth-order valence-corrected chi connectivity index (χ4v) is 4.73. The molecule has 0 aliphatic carbocycles. The predicted octanol–water partition coefficient (Wildman–Crippen LogP) is 9.60. The van der Waals surface area contributed by atoms with Crippen molar-refractivity contribution in [3.05, 3.63) is 38.8 Å². The minimum Gasteiger partial charge on any atom is -0.486 e. The average Bonchev–Trinajstić information content (AvgIpc) is 2.51. The molecule has 0 radical (unpaired) electrons. The molecule has 0 heterocycles. The van der Waals surface area contributed by atoms with Crippen molar-refractivity contribution >= 4 is 30.0 Å². The molecule has 0 aromatic heterocycles. The van der Waals surface area contributed by atoms with Crippen molar-refractivity contribution in [2.45, 2.75) is 99.3 Å². The van der Waals surface area contributed by atoms with Crippen LogP contribution >= 0.6 is 24.3 Å². The Morgan fingerprint density at radius 2 is 1.38 bits per heavy atom. The van der Waals surface area contributed by atoms with Gasteiger partial charge in [-0.1, -0.05) is 88.3 Å². The molecule has 0 saturated heterocycles. The van der Waals surface area contributed by atoms with Crippen molar-refractivity contribution in [1.82, 2.24) is 0 Å². The molecule has 0 bridgehead atoms. The Balaban J connectivity index is 3.86. The van der Waals surface area contributed by atoms with Crippen LogP contribution in [0.4, 0.5) is 5.69 Å². The number of benzene rings is 1. The van der Waals surface area contributed by atoms with Gasteiger partial charge in [-0.05, 0) is 61.7 Å². The van der Waals surface area contributed by atoms with E-state index in [1.165, 1.54) is 22.0 Å². The van der Waals surface area contributed by atoms with Crippen LogP contribution in [-0.4, -0.2) is 6.61 Å². The van der Waals surface area contributed by atoms with Crippen LogP contribution in [0.2, 0.25) is 0 Å². The van der Waals surface area contributed by atoms with Gasteiger partial charge in [0.2, 0.25) is 0 Å². The zero-order valence-electron chi connectivity index (χ0n) is 20.6. The van der Waals surface area contributed by atoms with E-state index in [4.69, 9.17) is 9.48 Å². The van der Waals surface area contributed by atoms with Gasteiger partial charge in [-0.2, -0.15) is 0 Å². The number of rotatable bonds is 5. The summed E-state index contributed by atoms with van der Waals surface area (Å²) < 4.78 is 11.8. The van der Waals surface area contributed by atoms with E-state index in [1.54, 1.807) is 0 Å². The maximum absolute atomic E-state index is 5.74. The first kappa shape index (κ1) is 26.4. The SMILES string of the molecule is CCO/C(Br)=C(/P=Nc1c(C(C)(C)C)cc(C(C)(C)C)cc1C(C)(C)C)C(C)C.